The number of hydrogen-bond donors (Lipinski definition) is 2. The zero-order chi connectivity index (χ0) is 19.3. The van der Waals surface area contributed by atoms with Crippen LogP contribution in [-0.2, 0) is 21.2 Å². The average molecular weight is 396 g/mol. The summed E-state index contributed by atoms with van der Waals surface area (Å²) < 4.78 is 25.6. The van der Waals surface area contributed by atoms with E-state index in [-0.39, 0.29) is 17.2 Å². The molecular weight excluding hydrogens is 374 g/mol. The number of halogens is 1. The predicted molar refractivity (Wildman–Crippen MR) is 105 cm³/mol. The van der Waals surface area contributed by atoms with Gasteiger partial charge in [-0.05, 0) is 49.4 Å². The van der Waals surface area contributed by atoms with Crippen molar-refractivity contribution in [3.63, 3.8) is 0 Å². The van der Waals surface area contributed by atoms with Crippen molar-refractivity contribution in [1.29, 1.82) is 0 Å². The van der Waals surface area contributed by atoms with Crippen LogP contribution in [0.25, 0.3) is 0 Å². The highest BCUT2D eigenvalue weighted by Crippen LogP contribution is 2.27. The summed E-state index contributed by atoms with van der Waals surface area (Å²) in [4.78, 5) is 14.2. The molecule has 0 saturated carbocycles. The van der Waals surface area contributed by atoms with E-state index in [0.29, 0.717) is 17.1 Å². The third-order valence-electron chi connectivity index (χ3n) is 3.86. The van der Waals surface area contributed by atoms with Crippen LogP contribution in [0.3, 0.4) is 0 Å². The smallest absolute Gasteiger partial charge is 0.240 e. The van der Waals surface area contributed by atoms with E-state index in [2.05, 4.69) is 10.0 Å². The van der Waals surface area contributed by atoms with Crippen LogP contribution in [0.5, 0.6) is 0 Å². The van der Waals surface area contributed by atoms with Crippen molar-refractivity contribution in [2.45, 2.75) is 17.7 Å². The van der Waals surface area contributed by atoms with Gasteiger partial charge in [0.15, 0.2) is 0 Å². The second kappa shape index (κ2) is 8.53. The van der Waals surface area contributed by atoms with Crippen molar-refractivity contribution >= 4 is 38.9 Å². The second-order valence-electron chi connectivity index (χ2n) is 5.96. The van der Waals surface area contributed by atoms with Gasteiger partial charge in [0.2, 0.25) is 15.9 Å². The Morgan fingerprint density at radius 2 is 1.77 bits per heavy atom. The first kappa shape index (κ1) is 20.2. The van der Waals surface area contributed by atoms with Gasteiger partial charge < -0.3 is 10.2 Å². The first-order chi connectivity index (χ1) is 12.2. The first-order valence-corrected chi connectivity index (χ1v) is 9.88. The lowest BCUT2D eigenvalue weighted by molar-refractivity contribution is -0.116. The number of nitrogens with zero attached hydrogens (tertiary/aromatic N) is 1. The molecule has 0 spiro atoms. The van der Waals surface area contributed by atoms with Crippen LogP contribution in [0.15, 0.2) is 47.4 Å². The molecule has 8 heteroatoms. The van der Waals surface area contributed by atoms with Crippen molar-refractivity contribution in [2.24, 2.45) is 0 Å². The first-order valence-electron chi connectivity index (χ1n) is 8.02. The largest absolute Gasteiger partial charge is 0.376 e. The highest BCUT2D eigenvalue weighted by molar-refractivity contribution is 7.89. The van der Waals surface area contributed by atoms with Gasteiger partial charge in [0.05, 0.1) is 15.6 Å². The third-order valence-corrected chi connectivity index (χ3v) is 5.59. The molecule has 1 amide bonds. The van der Waals surface area contributed by atoms with Gasteiger partial charge in [-0.1, -0.05) is 23.7 Å². The van der Waals surface area contributed by atoms with Gasteiger partial charge in [0.1, 0.15) is 0 Å². The maximum Gasteiger partial charge on any atom is 0.240 e. The molecule has 6 nitrogen and oxygen atoms in total. The monoisotopic (exact) mass is 395 g/mol. The molecule has 2 aromatic carbocycles. The van der Waals surface area contributed by atoms with Crippen molar-refractivity contribution in [3.8, 4) is 0 Å². The Balaban J connectivity index is 1.94. The second-order valence-corrected chi connectivity index (χ2v) is 8.25. The molecule has 0 aliphatic carbocycles. The lowest BCUT2D eigenvalue weighted by Crippen LogP contribution is -2.18. The molecule has 2 rings (SSSR count). The molecule has 0 aliphatic heterocycles. The highest BCUT2D eigenvalue weighted by Gasteiger charge is 2.11. The minimum atomic E-state index is -3.45. The Labute approximate surface area is 159 Å². The number of benzene rings is 2. The molecule has 0 heterocycles. The zero-order valence-corrected chi connectivity index (χ0v) is 16.5. The maximum absolute atomic E-state index is 12.1. The number of nitrogens with one attached hydrogen (secondary N) is 2. The van der Waals surface area contributed by atoms with Gasteiger partial charge in [-0.2, -0.15) is 0 Å². The van der Waals surface area contributed by atoms with Gasteiger partial charge in [-0.25, -0.2) is 13.1 Å². The number of carbonyl (C=O) groups excluding carboxylic acids is 1. The van der Waals surface area contributed by atoms with Crippen molar-refractivity contribution in [1.82, 2.24) is 4.72 Å². The van der Waals surface area contributed by atoms with Crippen molar-refractivity contribution in [3.05, 3.63) is 53.1 Å². The molecular formula is C18H22ClN3O3S. The number of carbonyl (C=O) groups is 1. The number of aryl methyl sites for hydroxylation is 1. The predicted octanol–water partition coefficient (Wildman–Crippen LogP) is 2.89. The molecule has 0 aliphatic rings. The van der Waals surface area contributed by atoms with Crippen LogP contribution in [0.4, 0.5) is 11.4 Å². The van der Waals surface area contributed by atoms with Gasteiger partial charge >= 0.3 is 0 Å². The number of amides is 1. The molecule has 0 saturated heterocycles. The maximum atomic E-state index is 12.1. The fourth-order valence-electron chi connectivity index (χ4n) is 2.38. The molecule has 0 atom stereocenters. The fourth-order valence-corrected chi connectivity index (χ4v) is 3.46. The molecule has 0 fully saturated rings. The van der Waals surface area contributed by atoms with Crippen LogP contribution < -0.4 is 14.9 Å². The van der Waals surface area contributed by atoms with E-state index in [9.17, 15) is 13.2 Å². The average Bonchev–Trinajstić information content (AvgIpc) is 2.60. The number of rotatable bonds is 7. The summed E-state index contributed by atoms with van der Waals surface area (Å²) in [7, 11) is 1.71. The van der Waals surface area contributed by atoms with E-state index in [1.165, 1.54) is 19.2 Å². The Morgan fingerprint density at radius 1 is 1.12 bits per heavy atom. The van der Waals surface area contributed by atoms with E-state index < -0.39 is 10.0 Å². The highest BCUT2D eigenvalue weighted by atomic mass is 35.5. The van der Waals surface area contributed by atoms with E-state index in [0.717, 1.165) is 11.3 Å². The summed E-state index contributed by atoms with van der Waals surface area (Å²) in [5.41, 5.74) is 2.40. The minimum Gasteiger partial charge on any atom is -0.376 e. The molecule has 0 radical (unpaired) electrons. The topological polar surface area (TPSA) is 78.5 Å². The summed E-state index contributed by atoms with van der Waals surface area (Å²) in [5, 5.41) is 3.38. The van der Waals surface area contributed by atoms with Crippen LogP contribution in [-0.4, -0.2) is 35.5 Å². The number of anilines is 2. The van der Waals surface area contributed by atoms with Gasteiger partial charge in [-0.15, -0.1) is 0 Å². The van der Waals surface area contributed by atoms with E-state index in [4.69, 9.17) is 11.6 Å². The van der Waals surface area contributed by atoms with Gasteiger partial charge in [0.25, 0.3) is 0 Å². The Hall–Kier alpha value is -2.09. The quantitative estimate of drug-likeness (QED) is 0.755. The lowest BCUT2D eigenvalue weighted by atomic mass is 10.1. The van der Waals surface area contributed by atoms with Crippen LogP contribution in [0, 0.1) is 0 Å². The number of hydrogen-bond acceptors (Lipinski definition) is 4. The molecule has 0 unspecified atom stereocenters. The van der Waals surface area contributed by atoms with Gasteiger partial charge in [0, 0.05) is 26.2 Å². The van der Waals surface area contributed by atoms with Crippen LogP contribution >= 0.6 is 11.6 Å². The lowest BCUT2D eigenvalue weighted by Gasteiger charge is -2.15. The normalized spacial score (nSPS) is 11.2. The molecule has 0 aromatic heterocycles. The third kappa shape index (κ3) is 5.20. The summed E-state index contributed by atoms with van der Waals surface area (Å²) in [6.07, 6.45) is 0.792. The van der Waals surface area contributed by atoms with Gasteiger partial charge in [-0.3, -0.25) is 4.79 Å². The minimum absolute atomic E-state index is 0.134. The Morgan fingerprint density at radius 3 is 2.31 bits per heavy atom. The van der Waals surface area contributed by atoms with E-state index in [1.807, 2.05) is 25.1 Å². The summed E-state index contributed by atoms with van der Waals surface area (Å²) in [5.74, 6) is -0.134. The van der Waals surface area contributed by atoms with Crippen molar-refractivity contribution < 1.29 is 13.2 Å². The molecule has 26 heavy (non-hydrogen) atoms. The Bertz CT molecular complexity index is 881. The number of sulfonamides is 1. The van der Waals surface area contributed by atoms with E-state index >= 15 is 0 Å². The van der Waals surface area contributed by atoms with Crippen molar-refractivity contribution in [2.75, 3.05) is 31.4 Å². The summed E-state index contributed by atoms with van der Waals surface area (Å²) in [6.45, 7) is 0. The fraction of sp³-hybridized carbons (Fsp3) is 0.278. The SMILES string of the molecule is CNS(=O)(=O)c1ccc(CCC(=O)Nc2ccc(N(C)C)c(Cl)c2)cc1. The standard InChI is InChI=1S/C18H22ClN3O3S/c1-20-26(24,25)15-8-4-13(5-9-15)6-11-18(23)21-14-7-10-17(22(2)3)16(19)12-14/h4-5,7-10,12,20H,6,11H2,1-3H3,(H,21,23). The van der Waals surface area contributed by atoms with Crippen LogP contribution in [0.2, 0.25) is 5.02 Å². The molecule has 140 valence electrons. The van der Waals surface area contributed by atoms with E-state index in [1.54, 1.807) is 24.3 Å². The molecule has 0 bridgehead atoms. The molecule has 2 aromatic rings. The Kier molecular flexibility index (Phi) is 6.63. The van der Waals surface area contributed by atoms with Crippen LogP contribution in [0.1, 0.15) is 12.0 Å². The zero-order valence-electron chi connectivity index (χ0n) is 14.9. The summed E-state index contributed by atoms with van der Waals surface area (Å²) in [6, 6.07) is 11.8. The summed E-state index contributed by atoms with van der Waals surface area (Å²) >= 11 is 6.20. The molecule has 2 N–H and O–H groups in total.